The van der Waals surface area contributed by atoms with Gasteiger partial charge in [-0.2, -0.15) is 0 Å². The van der Waals surface area contributed by atoms with Gasteiger partial charge in [-0.25, -0.2) is 4.39 Å². The molecule has 30 heavy (non-hydrogen) atoms. The molecule has 6 nitrogen and oxygen atoms in total. The monoisotopic (exact) mass is 415 g/mol. The van der Waals surface area contributed by atoms with Crippen LogP contribution in [0, 0.1) is 5.82 Å². The molecule has 4 N–H and O–H groups in total. The van der Waals surface area contributed by atoms with Crippen molar-refractivity contribution in [3.63, 3.8) is 0 Å². The van der Waals surface area contributed by atoms with Gasteiger partial charge in [-0.1, -0.05) is 37.1 Å². The predicted molar refractivity (Wildman–Crippen MR) is 115 cm³/mol. The highest BCUT2D eigenvalue weighted by Gasteiger charge is 2.19. The molecular weight excluding hydrogens is 385 g/mol. The second-order valence-electron chi connectivity index (χ2n) is 7.27. The van der Waals surface area contributed by atoms with Crippen molar-refractivity contribution in [3.05, 3.63) is 65.5 Å². The van der Waals surface area contributed by atoms with Gasteiger partial charge >= 0.3 is 0 Å². The van der Waals surface area contributed by atoms with E-state index in [4.69, 9.17) is 10.5 Å². The van der Waals surface area contributed by atoms with Crippen LogP contribution < -0.4 is 21.1 Å². The zero-order chi connectivity index (χ0) is 21.9. The van der Waals surface area contributed by atoms with Crippen LogP contribution in [0.25, 0.3) is 0 Å². The van der Waals surface area contributed by atoms with Gasteiger partial charge in [0.25, 0.3) is 5.91 Å². The topological polar surface area (TPSA) is 93.4 Å². The maximum Gasteiger partial charge on any atom is 0.251 e. The predicted octanol–water partition coefficient (Wildman–Crippen LogP) is 3.33. The number of hydrogen-bond donors (Lipinski definition) is 3. The van der Waals surface area contributed by atoms with Gasteiger partial charge in [0.1, 0.15) is 11.6 Å². The summed E-state index contributed by atoms with van der Waals surface area (Å²) in [6.07, 6.45) is 5.11. The summed E-state index contributed by atoms with van der Waals surface area (Å²) in [5, 5.41) is 5.97. The lowest BCUT2D eigenvalue weighted by Gasteiger charge is -2.21. The maximum atomic E-state index is 13.1. The number of halogens is 1. The van der Waals surface area contributed by atoms with Crippen molar-refractivity contribution >= 4 is 11.8 Å². The van der Waals surface area contributed by atoms with Crippen LogP contribution in [0.5, 0.6) is 5.75 Å². The molecule has 1 atom stereocenters. The van der Waals surface area contributed by atoms with Gasteiger partial charge < -0.3 is 21.1 Å². The number of rotatable bonds is 7. The van der Waals surface area contributed by atoms with E-state index in [9.17, 15) is 14.0 Å². The molecule has 2 amide bonds. The minimum absolute atomic E-state index is 0.131. The van der Waals surface area contributed by atoms with Crippen LogP contribution >= 0.6 is 0 Å². The van der Waals surface area contributed by atoms with E-state index >= 15 is 0 Å². The molecule has 7 heteroatoms. The number of nitrogens with two attached hydrogens (primary N) is 1. The Hall–Kier alpha value is -2.93. The summed E-state index contributed by atoms with van der Waals surface area (Å²) >= 11 is 0. The summed E-state index contributed by atoms with van der Waals surface area (Å²) in [5.41, 5.74) is 6.41. The molecular formula is C23H30FN3O3. The van der Waals surface area contributed by atoms with Crippen LogP contribution in [0.1, 0.15) is 54.6 Å². The lowest BCUT2D eigenvalue weighted by molar-refractivity contribution is -0.117. The Morgan fingerprint density at radius 3 is 2.43 bits per heavy atom. The van der Waals surface area contributed by atoms with Crippen LogP contribution in [-0.2, 0) is 4.79 Å². The normalized spacial score (nSPS) is 14.4. The Labute approximate surface area is 177 Å². The second kappa shape index (κ2) is 11.9. The van der Waals surface area contributed by atoms with E-state index in [0.717, 1.165) is 5.56 Å². The molecule has 1 unspecified atom stereocenters. The summed E-state index contributed by atoms with van der Waals surface area (Å²) in [7, 11) is 1.58. The molecule has 0 radical (unpaired) electrons. The molecule has 2 aromatic rings. The van der Waals surface area contributed by atoms with Crippen LogP contribution in [0.3, 0.4) is 0 Å². The lowest BCUT2D eigenvalue weighted by Crippen LogP contribution is -2.33. The highest BCUT2D eigenvalue weighted by atomic mass is 19.1. The largest absolute Gasteiger partial charge is 0.496 e. The third-order valence-corrected chi connectivity index (χ3v) is 4.96. The third kappa shape index (κ3) is 7.48. The fourth-order valence-electron chi connectivity index (χ4n) is 3.44. The SMILES string of the molecule is COc1cc(F)ccc1C(C)NC1CCCC1.NC(=O)CNC(=O)c1ccccc1. The van der Waals surface area contributed by atoms with E-state index in [0.29, 0.717) is 17.4 Å². The minimum atomic E-state index is -0.552. The molecule has 1 saturated carbocycles. The zero-order valence-electron chi connectivity index (χ0n) is 17.5. The van der Waals surface area contributed by atoms with Crippen molar-refractivity contribution in [2.24, 2.45) is 5.73 Å². The molecule has 1 fully saturated rings. The molecule has 1 aliphatic carbocycles. The quantitative estimate of drug-likeness (QED) is 0.647. The Morgan fingerprint density at radius 2 is 1.83 bits per heavy atom. The summed E-state index contributed by atoms with van der Waals surface area (Å²) < 4.78 is 18.3. The number of ether oxygens (including phenoxy) is 1. The first kappa shape index (κ1) is 23.3. The van der Waals surface area contributed by atoms with Crippen LogP contribution in [-0.4, -0.2) is 31.5 Å². The average molecular weight is 416 g/mol. The van der Waals surface area contributed by atoms with Crippen molar-refractivity contribution in [2.45, 2.75) is 44.7 Å². The van der Waals surface area contributed by atoms with Crippen molar-refractivity contribution < 1.29 is 18.7 Å². The van der Waals surface area contributed by atoms with Gasteiger partial charge in [0.05, 0.1) is 13.7 Å². The zero-order valence-corrected chi connectivity index (χ0v) is 17.5. The van der Waals surface area contributed by atoms with Gasteiger partial charge in [0.2, 0.25) is 5.91 Å². The molecule has 0 saturated heterocycles. The fourth-order valence-corrected chi connectivity index (χ4v) is 3.44. The Kier molecular flexibility index (Phi) is 9.28. The summed E-state index contributed by atoms with van der Waals surface area (Å²) in [6, 6.07) is 14.2. The van der Waals surface area contributed by atoms with E-state index in [1.54, 1.807) is 37.4 Å². The molecule has 0 aliphatic heterocycles. The fraction of sp³-hybridized carbons (Fsp3) is 0.391. The summed E-state index contributed by atoms with van der Waals surface area (Å²) in [6.45, 7) is 1.97. The molecule has 0 bridgehead atoms. The van der Waals surface area contributed by atoms with Crippen molar-refractivity contribution in [2.75, 3.05) is 13.7 Å². The number of primary amides is 1. The van der Waals surface area contributed by atoms with Crippen molar-refractivity contribution in [1.29, 1.82) is 0 Å². The smallest absolute Gasteiger partial charge is 0.251 e. The average Bonchev–Trinajstić information content (AvgIpc) is 3.25. The molecule has 0 heterocycles. The van der Waals surface area contributed by atoms with E-state index < -0.39 is 5.91 Å². The first-order valence-electron chi connectivity index (χ1n) is 10.1. The Bertz CT molecular complexity index is 824. The van der Waals surface area contributed by atoms with Gasteiger partial charge in [-0.3, -0.25) is 9.59 Å². The number of benzene rings is 2. The van der Waals surface area contributed by atoms with Gasteiger partial charge in [0.15, 0.2) is 0 Å². The van der Waals surface area contributed by atoms with Crippen molar-refractivity contribution in [1.82, 2.24) is 10.6 Å². The highest BCUT2D eigenvalue weighted by Crippen LogP contribution is 2.28. The molecule has 0 aromatic heterocycles. The van der Waals surface area contributed by atoms with E-state index in [1.165, 1.54) is 37.8 Å². The van der Waals surface area contributed by atoms with Crippen molar-refractivity contribution in [3.8, 4) is 5.75 Å². The first-order chi connectivity index (χ1) is 14.4. The standard InChI is InChI=1S/C14H20FNO.C9H10N2O2/c1-10(16-12-5-3-4-6-12)13-8-7-11(15)9-14(13)17-2;10-8(12)6-11-9(13)7-4-2-1-3-5-7/h7-10,12,16H,3-6H2,1-2H3;1-5H,6H2,(H2,10,12)(H,11,13). The van der Waals surface area contributed by atoms with Crippen LogP contribution in [0.2, 0.25) is 0 Å². The van der Waals surface area contributed by atoms with E-state index in [2.05, 4.69) is 17.6 Å². The molecule has 162 valence electrons. The van der Waals surface area contributed by atoms with Gasteiger partial charge in [-0.15, -0.1) is 0 Å². The maximum absolute atomic E-state index is 13.1. The highest BCUT2D eigenvalue weighted by molar-refractivity contribution is 5.96. The van der Waals surface area contributed by atoms with E-state index in [1.807, 2.05) is 6.07 Å². The summed E-state index contributed by atoms with van der Waals surface area (Å²) in [5.74, 6) is -0.467. The second-order valence-corrected chi connectivity index (χ2v) is 7.27. The van der Waals surface area contributed by atoms with E-state index in [-0.39, 0.29) is 24.3 Å². The van der Waals surface area contributed by atoms with Gasteiger partial charge in [0, 0.05) is 29.3 Å². The van der Waals surface area contributed by atoms with Crippen LogP contribution in [0.15, 0.2) is 48.5 Å². The van der Waals surface area contributed by atoms with Gasteiger partial charge in [-0.05, 0) is 38.0 Å². The number of carbonyl (C=O) groups excluding carboxylic acids is 2. The Morgan fingerprint density at radius 1 is 1.17 bits per heavy atom. The first-order valence-corrected chi connectivity index (χ1v) is 10.1. The minimum Gasteiger partial charge on any atom is -0.496 e. The summed E-state index contributed by atoms with van der Waals surface area (Å²) in [4.78, 5) is 21.6. The number of hydrogen-bond acceptors (Lipinski definition) is 4. The number of nitrogens with one attached hydrogen (secondary N) is 2. The number of carbonyl (C=O) groups is 2. The third-order valence-electron chi connectivity index (χ3n) is 4.96. The molecule has 3 rings (SSSR count). The number of methoxy groups -OCH3 is 1. The Balaban J connectivity index is 0.000000222. The molecule has 0 spiro atoms. The lowest BCUT2D eigenvalue weighted by atomic mass is 10.1. The molecule has 1 aliphatic rings. The number of amides is 2. The molecule has 2 aromatic carbocycles. The van der Waals surface area contributed by atoms with Crippen LogP contribution in [0.4, 0.5) is 4.39 Å².